The van der Waals surface area contributed by atoms with Crippen molar-refractivity contribution in [3.63, 3.8) is 0 Å². The first-order valence-electron chi connectivity index (χ1n) is 7.43. The van der Waals surface area contributed by atoms with Gasteiger partial charge in [-0.05, 0) is 43.0 Å². The van der Waals surface area contributed by atoms with Crippen LogP contribution in [-0.2, 0) is 11.8 Å². The Bertz CT molecular complexity index is 662. The molecule has 0 aliphatic carbocycles. The fourth-order valence-corrected chi connectivity index (χ4v) is 2.36. The van der Waals surface area contributed by atoms with E-state index >= 15 is 0 Å². The van der Waals surface area contributed by atoms with Crippen molar-refractivity contribution in [1.29, 1.82) is 0 Å². The molecule has 1 N–H and O–H groups in total. The molecule has 5 nitrogen and oxygen atoms in total. The van der Waals surface area contributed by atoms with E-state index in [-0.39, 0.29) is 5.91 Å². The molecule has 5 heteroatoms. The van der Waals surface area contributed by atoms with Crippen LogP contribution in [0.15, 0.2) is 30.6 Å². The lowest BCUT2D eigenvalue weighted by molar-refractivity contribution is -0.122. The van der Waals surface area contributed by atoms with E-state index in [4.69, 9.17) is 4.74 Å². The molecule has 22 heavy (non-hydrogen) atoms. The van der Waals surface area contributed by atoms with E-state index in [9.17, 15) is 4.79 Å². The first kappa shape index (κ1) is 16.1. The van der Waals surface area contributed by atoms with Gasteiger partial charge in [0.25, 0.3) is 5.91 Å². The van der Waals surface area contributed by atoms with Gasteiger partial charge in [0, 0.05) is 13.2 Å². The maximum atomic E-state index is 12.1. The highest BCUT2D eigenvalue weighted by molar-refractivity contribution is 5.93. The first-order chi connectivity index (χ1) is 10.4. The fraction of sp³-hybridized carbons (Fsp3) is 0.412. The Morgan fingerprint density at radius 1 is 1.32 bits per heavy atom. The van der Waals surface area contributed by atoms with Gasteiger partial charge in [0.2, 0.25) is 0 Å². The van der Waals surface area contributed by atoms with Crippen molar-refractivity contribution in [1.82, 2.24) is 9.78 Å². The van der Waals surface area contributed by atoms with Crippen LogP contribution in [0.1, 0.15) is 37.8 Å². The molecule has 1 heterocycles. The lowest BCUT2D eigenvalue weighted by Crippen LogP contribution is -2.30. The number of hydrogen-bond acceptors (Lipinski definition) is 3. The van der Waals surface area contributed by atoms with Crippen LogP contribution in [0, 0.1) is 6.92 Å². The molecule has 0 saturated heterocycles. The molecule has 118 valence electrons. The molecule has 0 aliphatic rings. The third-order valence-electron chi connectivity index (χ3n) is 3.52. The van der Waals surface area contributed by atoms with Crippen LogP contribution in [0.2, 0.25) is 0 Å². The average molecular weight is 301 g/mol. The minimum Gasteiger partial charge on any atom is -0.481 e. The third kappa shape index (κ3) is 3.87. The highest BCUT2D eigenvalue weighted by atomic mass is 16.5. The van der Waals surface area contributed by atoms with E-state index in [0.29, 0.717) is 17.4 Å². The number of aryl methyl sites for hydroxylation is 2. The second-order valence-electron chi connectivity index (χ2n) is 5.83. The van der Waals surface area contributed by atoms with E-state index in [1.165, 1.54) is 11.1 Å². The molecule has 1 amide bonds. The summed E-state index contributed by atoms with van der Waals surface area (Å²) in [6, 6.07) is 5.94. The monoisotopic (exact) mass is 301 g/mol. The molecule has 1 unspecified atom stereocenters. The average Bonchev–Trinajstić information content (AvgIpc) is 2.83. The molecule has 0 bridgehead atoms. The highest BCUT2D eigenvalue weighted by Crippen LogP contribution is 2.24. The minimum atomic E-state index is -0.579. The number of nitrogens with one attached hydrogen (secondary N) is 1. The van der Waals surface area contributed by atoms with Crippen molar-refractivity contribution >= 4 is 11.6 Å². The van der Waals surface area contributed by atoms with Gasteiger partial charge in [-0.2, -0.15) is 5.10 Å². The molecule has 1 aromatic carbocycles. The molecule has 0 aliphatic heterocycles. The highest BCUT2D eigenvalue weighted by Gasteiger charge is 2.16. The van der Waals surface area contributed by atoms with E-state index < -0.39 is 6.10 Å². The third-order valence-corrected chi connectivity index (χ3v) is 3.52. The van der Waals surface area contributed by atoms with Gasteiger partial charge < -0.3 is 10.1 Å². The molecule has 2 rings (SSSR count). The van der Waals surface area contributed by atoms with Gasteiger partial charge in [0.1, 0.15) is 5.75 Å². The first-order valence-corrected chi connectivity index (χ1v) is 7.43. The van der Waals surface area contributed by atoms with Crippen LogP contribution in [0.4, 0.5) is 5.69 Å². The van der Waals surface area contributed by atoms with Gasteiger partial charge in [0.15, 0.2) is 6.10 Å². The molecule has 0 spiro atoms. The predicted octanol–water partition coefficient (Wildman–Crippen LogP) is 3.26. The quantitative estimate of drug-likeness (QED) is 0.922. The predicted molar refractivity (Wildman–Crippen MR) is 87.2 cm³/mol. The van der Waals surface area contributed by atoms with Gasteiger partial charge in [0.05, 0.1) is 11.9 Å². The van der Waals surface area contributed by atoms with Gasteiger partial charge in [-0.15, -0.1) is 0 Å². The van der Waals surface area contributed by atoms with Crippen molar-refractivity contribution in [2.45, 2.75) is 39.7 Å². The summed E-state index contributed by atoms with van der Waals surface area (Å²) in [5.74, 6) is 0.981. The molecule has 0 fully saturated rings. The molecule has 1 aromatic heterocycles. The van der Waals surface area contributed by atoms with Crippen LogP contribution in [0.5, 0.6) is 5.75 Å². The second kappa shape index (κ2) is 6.64. The molecule has 1 atom stereocenters. The fourth-order valence-electron chi connectivity index (χ4n) is 2.36. The standard InChI is InChI=1S/C17H23N3O2/c1-11(2)16-7-6-15(8-12(16)3)22-13(4)17(21)19-14-9-18-20(5)10-14/h6-11,13H,1-5H3,(H,19,21). The van der Waals surface area contributed by atoms with Gasteiger partial charge in [-0.1, -0.05) is 19.9 Å². The summed E-state index contributed by atoms with van der Waals surface area (Å²) in [4.78, 5) is 12.1. The van der Waals surface area contributed by atoms with E-state index in [1.807, 2.05) is 12.1 Å². The summed E-state index contributed by atoms with van der Waals surface area (Å²) in [5, 5.41) is 6.79. The van der Waals surface area contributed by atoms with Crippen LogP contribution < -0.4 is 10.1 Å². The van der Waals surface area contributed by atoms with Gasteiger partial charge in [-0.25, -0.2) is 0 Å². The maximum Gasteiger partial charge on any atom is 0.265 e. The second-order valence-corrected chi connectivity index (χ2v) is 5.83. The molecule has 2 aromatic rings. The maximum absolute atomic E-state index is 12.1. The number of benzene rings is 1. The summed E-state index contributed by atoms with van der Waals surface area (Å²) >= 11 is 0. The lowest BCUT2D eigenvalue weighted by atomic mass is 9.98. The smallest absolute Gasteiger partial charge is 0.265 e. The summed E-state index contributed by atoms with van der Waals surface area (Å²) in [6.45, 7) is 8.11. The van der Waals surface area contributed by atoms with E-state index in [1.54, 1.807) is 31.0 Å². The number of hydrogen-bond donors (Lipinski definition) is 1. The number of nitrogens with zero attached hydrogens (tertiary/aromatic N) is 2. The summed E-state index contributed by atoms with van der Waals surface area (Å²) in [5.41, 5.74) is 3.13. The van der Waals surface area contributed by atoms with Crippen molar-refractivity contribution in [3.8, 4) is 5.75 Å². The summed E-state index contributed by atoms with van der Waals surface area (Å²) in [6.07, 6.45) is 2.77. The van der Waals surface area contributed by atoms with Crippen molar-refractivity contribution < 1.29 is 9.53 Å². The summed E-state index contributed by atoms with van der Waals surface area (Å²) in [7, 11) is 1.80. The largest absolute Gasteiger partial charge is 0.481 e. The topological polar surface area (TPSA) is 56.1 Å². The lowest BCUT2D eigenvalue weighted by Gasteiger charge is -2.16. The number of ether oxygens (including phenoxy) is 1. The Morgan fingerprint density at radius 2 is 2.05 bits per heavy atom. The number of rotatable bonds is 5. The Balaban J connectivity index is 2.00. The van der Waals surface area contributed by atoms with Crippen LogP contribution >= 0.6 is 0 Å². The minimum absolute atomic E-state index is 0.196. The van der Waals surface area contributed by atoms with Gasteiger partial charge >= 0.3 is 0 Å². The Kier molecular flexibility index (Phi) is 4.85. The van der Waals surface area contributed by atoms with E-state index in [0.717, 1.165) is 0 Å². The summed E-state index contributed by atoms with van der Waals surface area (Å²) < 4.78 is 7.37. The molecule has 0 radical (unpaired) electrons. The van der Waals surface area contributed by atoms with E-state index in [2.05, 4.69) is 37.3 Å². The number of carbonyl (C=O) groups is 1. The number of carbonyl (C=O) groups excluding carboxylic acids is 1. The Morgan fingerprint density at radius 3 is 2.59 bits per heavy atom. The zero-order valence-corrected chi connectivity index (χ0v) is 13.8. The van der Waals surface area contributed by atoms with Crippen LogP contribution in [0.3, 0.4) is 0 Å². The molecular weight excluding hydrogens is 278 g/mol. The normalized spacial score (nSPS) is 12.3. The number of aromatic nitrogens is 2. The Labute approximate surface area is 131 Å². The number of amides is 1. The SMILES string of the molecule is Cc1cc(OC(C)C(=O)Nc2cnn(C)c2)ccc1C(C)C. The molecular formula is C17H23N3O2. The zero-order chi connectivity index (χ0) is 16.3. The van der Waals surface area contributed by atoms with Crippen molar-refractivity contribution in [2.75, 3.05) is 5.32 Å². The van der Waals surface area contributed by atoms with Crippen LogP contribution in [0.25, 0.3) is 0 Å². The number of anilines is 1. The van der Waals surface area contributed by atoms with Crippen LogP contribution in [-0.4, -0.2) is 21.8 Å². The van der Waals surface area contributed by atoms with Crippen molar-refractivity contribution in [2.24, 2.45) is 7.05 Å². The molecule has 0 saturated carbocycles. The Hall–Kier alpha value is -2.30. The zero-order valence-electron chi connectivity index (χ0n) is 13.8. The van der Waals surface area contributed by atoms with Crippen molar-refractivity contribution in [3.05, 3.63) is 41.7 Å². The van der Waals surface area contributed by atoms with Gasteiger partial charge in [-0.3, -0.25) is 9.48 Å².